The number of rotatable bonds is 7. The van der Waals surface area contributed by atoms with Crippen LogP contribution < -0.4 is 0 Å². The van der Waals surface area contributed by atoms with E-state index in [9.17, 15) is 33.9 Å². The van der Waals surface area contributed by atoms with Crippen LogP contribution in [-0.2, 0) is 42.9 Å². The first-order valence-electron chi connectivity index (χ1n) is 17.0. The molecule has 2 aliphatic rings. The average molecular weight is 719 g/mol. The van der Waals surface area contributed by atoms with E-state index >= 15 is 0 Å². The van der Waals surface area contributed by atoms with Crippen LogP contribution in [0.2, 0.25) is 0 Å². The molecule has 2 aliphatic carbocycles. The average Bonchev–Trinajstić information content (AvgIpc) is 3.27. The molecule has 0 unspecified atom stereocenters. The third-order valence-corrected chi connectivity index (χ3v) is 9.55. The number of fused-ring (bicyclic) bond motifs is 1. The van der Waals surface area contributed by atoms with Crippen molar-refractivity contribution in [3.63, 3.8) is 0 Å². The zero-order valence-electron chi connectivity index (χ0n) is 30.6. The summed E-state index contributed by atoms with van der Waals surface area (Å²) in [6, 6.07) is 16.3. The Morgan fingerprint density at radius 2 is 1.25 bits per heavy atom. The number of hydrogen-bond donors (Lipinski definition) is 1. The van der Waals surface area contributed by atoms with Gasteiger partial charge in [-0.05, 0) is 49.8 Å². The van der Waals surface area contributed by atoms with Gasteiger partial charge in [0, 0.05) is 38.5 Å². The molecule has 0 amide bonds. The van der Waals surface area contributed by atoms with E-state index in [1.807, 2.05) is 0 Å². The Bertz CT molecular complexity index is 1740. The molecule has 0 spiro atoms. The van der Waals surface area contributed by atoms with Crippen LogP contribution in [0.25, 0.3) is 0 Å². The number of aliphatic hydroxyl groups is 1. The van der Waals surface area contributed by atoms with Crippen LogP contribution in [0.3, 0.4) is 0 Å². The maximum Gasteiger partial charge on any atom is 0.338 e. The minimum Gasteiger partial charge on any atom is -0.461 e. The number of hydrogen-bond acceptors (Lipinski definition) is 12. The van der Waals surface area contributed by atoms with Gasteiger partial charge in [-0.3, -0.25) is 19.2 Å². The van der Waals surface area contributed by atoms with Gasteiger partial charge in [0.15, 0.2) is 6.10 Å². The van der Waals surface area contributed by atoms with Crippen molar-refractivity contribution in [2.45, 2.75) is 97.4 Å². The fourth-order valence-electron chi connectivity index (χ4n) is 6.90. The van der Waals surface area contributed by atoms with Crippen molar-refractivity contribution < 1.29 is 57.6 Å². The first-order chi connectivity index (χ1) is 24.3. The van der Waals surface area contributed by atoms with Gasteiger partial charge >= 0.3 is 29.8 Å². The van der Waals surface area contributed by atoms with E-state index in [-0.39, 0.29) is 17.5 Å². The fourth-order valence-corrected chi connectivity index (χ4v) is 6.90. The fraction of sp³-hybridized carbons (Fsp3) is 0.450. The predicted octanol–water partition coefficient (Wildman–Crippen LogP) is 5.12. The molecular weight excluding hydrogens is 672 g/mol. The third kappa shape index (κ3) is 8.50. The van der Waals surface area contributed by atoms with Gasteiger partial charge in [-0.15, -0.1) is 0 Å². The first kappa shape index (κ1) is 39.7. The predicted molar refractivity (Wildman–Crippen MR) is 186 cm³/mol. The maximum absolute atomic E-state index is 15.0. The molecule has 0 heterocycles. The molecular formula is C40H46O12. The van der Waals surface area contributed by atoms with Gasteiger partial charge in [0.25, 0.3) is 0 Å². The number of ketones is 1. The van der Waals surface area contributed by atoms with Crippen LogP contribution in [-0.4, -0.2) is 76.4 Å². The monoisotopic (exact) mass is 718 g/mol. The van der Waals surface area contributed by atoms with Crippen molar-refractivity contribution in [2.24, 2.45) is 17.3 Å². The lowest BCUT2D eigenvalue weighted by molar-refractivity contribution is -0.196. The lowest BCUT2D eigenvalue weighted by atomic mass is 9.73. The zero-order valence-corrected chi connectivity index (χ0v) is 30.6. The van der Waals surface area contributed by atoms with Gasteiger partial charge in [-0.1, -0.05) is 69.3 Å². The van der Waals surface area contributed by atoms with E-state index in [1.54, 1.807) is 76.2 Å². The van der Waals surface area contributed by atoms with E-state index in [2.05, 4.69) is 0 Å². The normalized spacial score (nSPS) is 31.6. The Balaban J connectivity index is 2.03. The zero-order chi connectivity index (χ0) is 38.6. The van der Waals surface area contributed by atoms with Crippen molar-refractivity contribution in [2.75, 3.05) is 0 Å². The van der Waals surface area contributed by atoms with Gasteiger partial charge in [0.2, 0.25) is 11.4 Å². The lowest BCUT2D eigenvalue weighted by Gasteiger charge is -2.41. The molecule has 278 valence electrons. The SMILES string of the molecule is CC(=O)O[C@@H]1C[C@@H](OC(=O)c2ccccc2)/C(C)=C/[C@H]2[C@@H](OC(=O)c3ccccc3)[C@@H](C)[C@H](OC(C)=O)[C@]2(OC(C)=O)C(=O)[C@](C)(O)/C=C/C1(C)C. The summed E-state index contributed by atoms with van der Waals surface area (Å²) < 4.78 is 29.6. The van der Waals surface area contributed by atoms with Crippen LogP contribution >= 0.6 is 0 Å². The largest absolute Gasteiger partial charge is 0.461 e. The number of benzene rings is 2. The Morgan fingerprint density at radius 1 is 0.731 bits per heavy atom. The molecule has 0 saturated heterocycles. The minimum absolute atomic E-state index is 0.0847. The van der Waals surface area contributed by atoms with Crippen LogP contribution in [0.1, 0.15) is 82.5 Å². The Kier molecular flexibility index (Phi) is 11.9. The van der Waals surface area contributed by atoms with Gasteiger partial charge in [-0.25, -0.2) is 9.59 Å². The Hall–Kier alpha value is -5.10. The molecule has 12 nitrogen and oxygen atoms in total. The smallest absolute Gasteiger partial charge is 0.338 e. The quantitative estimate of drug-likeness (QED) is 0.228. The molecule has 1 saturated carbocycles. The van der Waals surface area contributed by atoms with E-state index in [0.29, 0.717) is 5.57 Å². The first-order valence-corrected chi connectivity index (χ1v) is 17.0. The Labute approximate surface area is 303 Å². The summed E-state index contributed by atoms with van der Waals surface area (Å²) in [4.78, 5) is 80.2. The molecule has 1 N–H and O–H groups in total. The summed E-state index contributed by atoms with van der Waals surface area (Å²) in [7, 11) is 0. The van der Waals surface area contributed by atoms with E-state index in [0.717, 1.165) is 13.8 Å². The summed E-state index contributed by atoms with van der Waals surface area (Å²) in [6.07, 6.45) is -0.866. The molecule has 12 heteroatoms. The highest BCUT2D eigenvalue weighted by atomic mass is 16.6. The summed E-state index contributed by atoms with van der Waals surface area (Å²) in [5.74, 6) is -7.34. The van der Waals surface area contributed by atoms with Crippen LogP contribution in [0.15, 0.2) is 84.5 Å². The third-order valence-electron chi connectivity index (χ3n) is 9.55. The molecule has 0 radical (unpaired) electrons. The summed E-state index contributed by atoms with van der Waals surface area (Å²) in [5.41, 5.74) is -5.20. The van der Waals surface area contributed by atoms with Gasteiger partial charge < -0.3 is 28.8 Å². The summed E-state index contributed by atoms with van der Waals surface area (Å²) in [6.45, 7) is 11.2. The van der Waals surface area contributed by atoms with Gasteiger partial charge in [-0.2, -0.15) is 0 Å². The standard InChI is InChI=1S/C40H46O12/c1-23-21-30-33(51-36(45)29-17-13-10-14-18-29)24(2)34(49-26(4)42)40(30,52-27(5)43)37(46)39(8,47)20-19-38(6,7)32(48-25(3)41)22-31(23)50-35(44)28-15-11-9-12-16-28/h9-21,24,30-34,47H,22H2,1-8H3/b20-19+,23-21+/t24-,30+,31-,32-,33+,34+,39-,40+/m1/s1. The van der Waals surface area contributed by atoms with Crippen molar-refractivity contribution in [3.05, 3.63) is 95.6 Å². The maximum atomic E-state index is 15.0. The minimum atomic E-state index is -2.46. The summed E-state index contributed by atoms with van der Waals surface area (Å²) >= 11 is 0. The van der Waals surface area contributed by atoms with E-state index < -0.39 is 88.5 Å². The van der Waals surface area contributed by atoms with Gasteiger partial charge in [0.05, 0.1) is 17.0 Å². The molecule has 0 aliphatic heterocycles. The topological polar surface area (TPSA) is 169 Å². The number of ether oxygens (including phenoxy) is 5. The molecule has 2 aromatic rings. The summed E-state index contributed by atoms with van der Waals surface area (Å²) in [5, 5.41) is 11.9. The Morgan fingerprint density at radius 3 is 1.75 bits per heavy atom. The molecule has 2 aromatic carbocycles. The van der Waals surface area contributed by atoms with Crippen molar-refractivity contribution in [3.8, 4) is 0 Å². The molecule has 52 heavy (non-hydrogen) atoms. The molecule has 8 atom stereocenters. The number of Topliss-reactive ketones (excluding diaryl/α,β-unsaturated/α-hetero) is 1. The van der Waals surface area contributed by atoms with Crippen LogP contribution in [0, 0.1) is 17.3 Å². The molecule has 1 fully saturated rings. The number of esters is 5. The van der Waals surface area contributed by atoms with Gasteiger partial charge in [0.1, 0.15) is 23.9 Å². The highest BCUT2D eigenvalue weighted by Gasteiger charge is 2.70. The van der Waals surface area contributed by atoms with Crippen LogP contribution in [0.4, 0.5) is 0 Å². The van der Waals surface area contributed by atoms with Crippen molar-refractivity contribution in [1.29, 1.82) is 0 Å². The van der Waals surface area contributed by atoms with Crippen molar-refractivity contribution in [1.82, 2.24) is 0 Å². The highest BCUT2D eigenvalue weighted by Crippen LogP contribution is 2.51. The molecule has 4 rings (SSSR count). The van der Waals surface area contributed by atoms with Crippen LogP contribution in [0.5, 0.6) is 0 Å². The second-order valence-electron chi connectivity index (χ2n) is 14.2. The van der Waals surface area contributed by atoms with E-state index in [4.69, 9.17) is 23.7 Å². The van der Waals surface area contributed by atoms with Crippen molar-refractivity contribution >= 4 is 35.6 Å². The second-order valence-corrected chi connectivity index (χ2v) is 14.2. The molecule has 0 bridgehead atoms. The van der Waals surface area contributed by atoms with E-state index in [1.165, 1.54) is 44.2 Å². The molecule has 0 aromatic heterocycles. The number of carbonyl (C=O) groups excluding carboxylic acids is 6. The lowest BCUT2D eigenvalue weighted by Crippen LogP contribution is -2.62. The highest BCUT2D eigenvalue weighted by molar-refractivity contribution is 5.99. The second kappa shape index (κ2) is 15.6. The number of carbonyl (C=O) groups is 6.